The van der Waals surface area contributed by atoms with Gasteiger partial charge in [-0.2, -0.15) is 0 Å². The molecule has 2 amide bonds. The Morgan fingerprint density at radius 3 is 1.72 bits per heavy atom. The molecule has 354 valence electrons. The van der Waals surface area contributed by atoms with Crippen molar-refractivity contribution in [1.82, 2.24) is 19.8 Å². The van der Waals surface area contributed by atoms with Gasteiger partial charge in [-0.1, -0.05) is 13.8 Å². The molecule has 6 N–H and O–H groups in total. The highest BCUT2D eigenvalue weighted by Crippen LogP contribution is 2.38. The highest BCUT2D eigenvalue weighted by molar-refractivity contribution is 7.93. The lowest BCUT2D eigenvalue weighted by molar-refractivity contribution is -0.0526. The minimum Gasteiger partial charge on any atom is -0.390 e. The fraction of sp³-hybridized carbons (Fsp3) is 0.375. The Morgan fingerprint density at radius 1 is 0.746 bits per heavy atom. The van der Waals surface area contributed by atoms with E-state index < -0.39 is 36.9 Å². The molecule has 2 aromatic heterocycles. The lowest BCUT2D eigenvalue weighted by Crippen LogP contribution is -2.48. The van der Waals surface area contributed by atoms with Crippen molar-refractivity contribution in [2.24, 2.45) is 5.92 Å². The van der Waals surface area contributed by atoms with Crippen molar-refractivity contribution in [1.29, 1.82) is 0 Å². The number of nitrogens with zero attached hydrogens (tertiary/aromatic N) is 4. The lowest BCUT2D eigenvalue weighted by Gasteiger charge is -2.40. The molecule has 0 unspecified atom stereocenters. The van der Waals surface area contributed by atoms with Crippen LogP contribution < -0.4 is 15.2 Å². The molecule has 4 aromatic carbocycles. The van der Waals surface area contributed by atoms with E-state index in [1.54, 1.807) is 40.1 Å². The van der Waals surface area contributed by atoms with Crippen molar-refractivity contribution in [2.75, 3.05) is 41.4 Å². The molecule has 2 saturated heterocycles. The van der Waals surface area contributed by atoms with Gasteiger partial charge in [-0.25, -0.2) is 31.2 Å². The molecule has 67 heavy (non-hydrogen) atoms. The average molecular weight is 972 g/mol. The number of likely N-dealkylation sites (tertiary alicyclic amines) is 2. The molecule has 15 nitrogen and oxygen atoms in total. The second kappa shape index (κ2) is 18.1. The van der Waals surface area contributed by atoms with Gasteiger partial charge in [0.25, 0.3) is 31.9 Å². The molecule has 2 fully saturated rings. The molecule has 6 aromatic rings. The summed E-state index contributed by atoms with van der Waals surface area (Å²) < 4.78 is 77.0. The molecule has 0 atom stereocenters. The maximum absolute atomic E-state index is 14.3. The summed E-state index contributed by atoms with van der Waals surface area (Å²) in [7, 11) is -8.72. The van der Waals surface area contributed by atoms with E-state index in [9.17, 15) is 41.0 Å². The Labute approximate surface area is 393 Å². The number of amides is 2. The lowest BCUT2D eigenvalue weighted by atomic mass is 9.82. The van der Waals surface area contributed by atoms with Crippen molar-refractivity contribution in [3.05, 3.63) is 102 Å². The zero-order valence-corrected chi connectivity index (χ0v) is 40.1. The van der Waals surface area contributed by atoms with Gasteiger partial charge in [0, 0.05) is 60.5 Å². The molecule has 0 spiro atoms. The summed E-state index contributed by atoms with van der Waals surface area (Å²) in [5.41, 5.74) is 6.08. The summed E-state index contributed by atoms with van der Waals surface area (Å²) in [4.78, 5) is 38.3. The van der Waals surface area contributed by atoms with Gasteiger partial charge in [-0.15, -0.1) is 11.3 Å². The number of alkyl halides is 1. The van der Waals surface area contributed by atoms with Crippen molar-refractivity contribution in [3.63, 3.8) is 0 Å². The predicted octanol–water partition coefficient (Wildman–Crippen LogP) is 7.81. The summed E-state index contributed by atoms with van der Waals surface area (Å²) in [6.45, 7) is 8.25. The smallest absolute Gasteiger partial charge is 0.264 e. The van der Waals surface area contributed by atoms with Crippen molar-refractivity contribution in [2.45, 2.75) is 92.9 Å². The van der Waals surface area contributed by atoms with Crippen LogP contribution in [0.1, 0.15) is 86.9 Å². The van der Waals surface area contributed by atoms with Gasteiger partial charge in [-0.3, -0.25) is 19.0 Å². The molecule has 2 aliphatic rings. The van der Waals surface area contributed by atoms with Gasteiger partial charge >= 0.3 is 0 Å². The van der Waals surface area contributed by atoms with Gasteiger partial charge in [0.2, 0.25) is 0 Å². The minimum atomic E-state index is -4.39. The number of hydrogen-bond donors (Lipinski definition) is 5. The summed E-state index contributed by atoms with van der Waals surface area (Å²) in [5, 5.41) is 22.2. The van der Waals surface area contributed by atoms with E-state index in [-0.39, 0.29) is 82.2 Å². The Bertz CT molecular complexity index is 3070. The number of carbonyl (C=O) groups excluding carboxylic acids is 2. The van der Waals surface area contributed by atoms with Gasteiger partial charge < -0.3 is 25.7 Å². The van der Waals surface area contributed by atoms with Gasteiger partial charge in [-0.05, 0) is 148 Å². The fourth-order valence-electron chi connectivity index (χ4n) is 9.22. The zero-order valence-electron chi connectivity index (χ0n) is 37.6. The second-order valence-electron chi connectivity index (χ2n) is 18.8. The van der Waals surface area contributed by atoms with Crippen LogP contribution in [0, 0.1) is 5.92 Å². The second-order valence-corrected chi connectivity index (χ2v) is 23.0. The number of rotatable bonds is 13. The van der Waals surface area contributed by atoms with E-state index in [2.05, 4.69) is 33.3 Å². The Morgan fingerprint density at radius 2 is 1.22 bits per heavy atom. The van der Waals surface area contributed by atoms with Crippen LogP contribution in [-0.4, -0.2) is 102 Å². The first kappa shape index (κ1) is 47.8. The number of anilines is 3. The van der Waals surface area contributed by atoms with Crippen molar-refractivity contribution >= 4 is 81.5 Å². The Kier molecular flexibility index (Phi) is 12.9. The predicted molar refractivity (Wildman–Crippen MR) is 259 cm³/mol. The van der Waals surface area contributed by atoms with Crippen LogP contribution in [0.4, 0.5) is 21.6 Å². The van der Waals surface area contributed by atoms with Crippen molar-refractivity contribution < 1.29 is 41.0 Å². The van der Waals surface area contributed by atoms with Crippen LogP contribution in [0.25, 0.3) is 32.2 Å². The molecule has 2 aliphatic heterocycles. The highest BCUT2D eigenvalue weighted by atomic mass is 32.2. The SMILES string of the molecule is CC(C)CC1(O)CCN(C(=O)c2ccc(NS(=O)(=O)c3cc(-c4cc(S(=O)(=O)Nc5ccc(C(=O)N6CCC(O)(CC(C)(C)F)CC6)cc5)c5ncsc5c4)cc4ccc(N)nc34)cc2)CC1. The molecule has 0 bridgehead atoms. The minimum absolute atomic E-state index is 0.0305. The van der Waals surface area contributed by atoms with E-state index in [0.29, 0.717) is 70.6 Å². The van der Waals surface area contributed by atoms with E-state index in [0.717, 1.165) is 0 Å². The number of halogens is 1. The number of aromatic nitrogens is 2. The van der Waals surface area contributed by atoms with Gasteiger partial charge in [0.15, 0.2) is 0 Å². The number of carbonyl (C=O) groups is 2. The number of thiazole rings is 1. The molecule has 8 rings (SSSR count). The Balaban J connectivity index is 1.02. The van der Waals surface area contributed by atoms with Crippen LogP contribution >= 0.6 is 11.3 Å². The first-order valence-corrected chi connectivity index (χ1v) is 25.9. The highest BCUT2D eigenvalue weighted by Gasteiger charge is 2.39. The maximum Gasteiger partial charge on any atom is 0.264 e. The van der Waals surface area contributed by atoms with E-state index in [4.69, 9.17) is 5.73 Å². The first-order chi connectivity index (χ1) is 31.5. The number of nitrogens with one attached hydrogen (secondary N) is 2. The molecular formula is C48H54FN7O8S3. The third-order valence-corrected chi connectivity index (χ3v) is 15.9. The largest absolute Gasteiger partial charge is 0.390 e. The van der Waals surface area contributed by atoms with Gasteiger partial charge in [0.05, 0.1) is 26.9 Å². The zero-order chi connectivity index (χ0) is 48.1. The summed E-state index contributed by atoms with van der Waals surface area (Å²) in [5.74, 6) is -0.106. The van der Waals surface area contributed by atoms with Crippen LogP contribution in [-0.2, 0) is 20.0 Å². The number of hydrogen-bond acceptors (Lipinski definition) is 12. The summed E-state index contributed by atoms with van der Waals surface area (Å²) in [6.07, 6.45) is 2.05. The van der Waals surface area contributed by atoms with Crippen LogP contribution in [0.5, 0.6) is 0 Å². The molecule has 0 aliphatic carbocycles. The van der Waals surface area contributed by atoms with Crippen molar-refractivity contribution in [3.8, 4) is 11.1 Å². The quantitative estimate of drug-likeness (QED) is 0.0750. The molecule has 0 saturated carbocycles. The molecule has 0 radical (unpaired) electrons. The van der Waals surface area contributed by atoms with Crippen LogP contribution in [0.15, 0.2) is 100 Å². The maximum atomic E-state index is 14.3. The van der Waals surface area contributed by atoms with Crippen LogP contribution in [0.2, 0.25) is 0 Å². The summed E-state index contributed by atoms with van der Waals surface area (Å²) in [6, 6.07) is 21.4. The number of benzene rings is 4. The molecule has 4 heterocycles. The third-order valence-electron chi connectivity index (χ3n) is 12.4. The van der Waals surface area contributed by atoms with E-state index in [1.165, 1.54) is 85.3 Å². The number of piperidine rings is 2. The number of nitrogens with two attached hydrogens (primary N) is 1. The van der Waals surface area contributed by atoms with E-state index >= 15 is 0 Å². The number of fused-ring (bicyclic) bond motifs is 2. The standard InChI is InChI=1S/C48H54FN7O8S3/c1-30(2)27-47(59)15-19-55(20-16-47)44(57)31-5-10-36(11-6-31)53-66(61,62)39-25-34(23-33-9-14-41(50)52-42(33)39)35-24-38-43(51-29-65-38)40(26-35)67(63,64)54-37-12-7-32(8-13-37)45(58)56-21-17-48(60,18-22-56)28-46(3,4)49/h5-14,23-26,29-30,53-54,59-60H,15-22,27-28H2,1-4H3,(H2,50,52). The van der Waals surface area contributed by atoms with Crippen LogP contribution in [0.3, 0.4) is 0 Å². The number of pyridine rings is 1. The Hall–Kier alpha value is -5.73. The normalized spacial score (nSPS) is 16.7. The van der Waals surface area contributed by atoms with Gasteiger partial charge in [0.1, 0.15) is 26.8 Å². The average Bonchev–Trinajstić information content (AvgIpc) is 3.74. The summed E-state index contributed by atoms with van der Waals surface area (Å²) >= 11 is 1.21. The fourth-order valence-corrected chi connectivity index (χ4v) is 12.5. The molecule has 19 heteroatoms. The molecular weight excluding hydrogens is 918 g/mol. The number of nitrogen functional groups attached to an aromatic ring is 1. The monoisotopic (exact) mass is 971 g/mol. The topological polar surface area (TPSA) is 225 Å². The third kappa shape index (κ3) is 10.7. The number of aliphatic hydroxyl groups is 2. The first-order valence-electron chi connectivity index (χ1n) is 22.0. The number of sulfonamides is 2. The van der Waals surface area contributed by atoms with E-state index in [1.807, 2.05) is 0 Å².